The maximum Gasteiger partial charge on any atom is 0.0817 e. The molecule has 3 rings (SSSR count). The number of rotatable bonds is 2. The first-order valence-corrected chi connectivity index (χ1v) is 7.94. The molecule has 0 bridgehead atoms. The van der Waals surface area contributed by atoms with E-state index in [1.807, 2.05) is 0 Å². The van der Waals surface area contributed by atoms with E-state index in [9.17, 15) is 0 Å². The fraction of sp³-hybridized carbons (Fsp3) is 1.00. The van der Waals surface area contributed by atoms with Gasteiger partial charge in [0.05, 0.1) is 11.2 Å². The highest BCUT2D eigenvalue weighted by molar-refractivity contribution is 5.01. The predicted octanol–water partition coefficient (Wildman–Crippen LogP) is 3.36. The van der Waals surface area contributed by atoms with Crippen molar-refractivity contribution in [1.29, 1.82) is 0 Å². The van der Waals surface area contributed by atoms with E-state index < -0.39 is 0 Å². The molecule has 3 fully saturated rings. The van der Waals surface area contributed by atoms with E-state index in [1.54, 1.807) is 0 Å². The zero-order valence-corrected chi connectivity index (χ0v) is 12.3. The minimum Gasteiger partial charge on any atom is -0.366 e. The monoisotopic (exact) mass is 251 g/mol. The Balaban J connectivity index is 1.72. The predicted molar refractivity (Wildman–Crippen MR) is 74.6 cm³/mol. The van der Waals surface area contributed by atoms with Crippen LogP contribution in [0.4, 0.5) is 0 Å². The summed E-state index contributed by atoms with van der Waals surface area (Å²) in [6.07, 6.45) is 8.37. The second-order valence-corrected chi connectivity index (χ2v) is 7.55. The zero-order valence-electron chi connectivity index (χ0n) is 12.3. The van der Waals surface area contributed by atoms with E-state index in [0.717, 1.165) is 24.9 Å². The molecule has 104 valence electrons. The molecule has 1 spiro atoms. The average Bonchev–Trinajstić information content (AvgIpc) is 3.12. The molecule has 0 aromatic carbocycles. The van der Waals surface area contributed by atoms with Gasteiger partial charge in [0.25, 0.3) is 0 Å². The van der Waals surface area contributed by atoms with E-state index in [-0.39, 0.29) is 11.2 Å². The fourth-order valence-electron chi connectivity index (χ4n) is 4.02. The Kier molecular flexibility index (Phi) is 3.22. The first kappa shape index (κ1) is 12.9. The van der Waals surface area contributed by atoms with Gasteiger partial charge in [-0.05, 0) is 56.8 Å². The molecule has 1 aliphatic heterocycles. The molecule has 0 radical (unpaired) electrons. The summed E-state index contributed by atoms with van der Waals surface area (Å²) < 4.78 is 6.71. The summed E-state index contributed by atoms with van der Waals surface area (Å²) in [5, 5.41) is 3.67. The number of nitrogens with one attached hydrogen (secondary N) is 1. The Bertz CT molecular complexity index is 308. The summed E-state index contributed by atoms with van der Waals surface area (Å²) in [4.78, 5) is 0. The molecule has 2 heteroatoms. The quantitative estimate of drug-likeness (QED) is 0.812. The lowest BCUT2D eigenvalue weighted by Gasteiger charge is -2.52. The SMILES string of the molecule is CC(C)C1(C)CNCC2(CCCC(C3CC3)C2)O1. The van der Waals surface area contributed by atoms with Crippen LogP contribution in [0.1, 0.15) is 59.3 Å². The minimum atomic E-state index is 0.0314. The Labute approximate surface area is 112 Å². The Morgan fingerprint density at radius 3 is 2.56 bits per heavy atom. The highest BCUT2D eigenvalue weighted by atomic mass is 16.5. The van der Waals surface area contributed by atoms with Crippen LogP contribution in [0.5, 0.6) is 0 Å². The molecule has 3 aliphatic rings. The molecule has 0 aromatic rings. The van der Waals surface area contributed by atoms with Crippen LogP contribution in [0.25, 0.3) is 0 Å². The average molecular weight is 251 g/mol. The number of hydrogen-bond acceptors (Lipinski definition) is 2. The third-order valence-electron chi connectivity index (χ3n) is 5.72. The molecule has 3 unspecified atom stereocenters. The maximum absolute atomic E-state index is 6.71. The summed E-state index contributed by atoms with van der Waals surface area (Å²) >= 11 is 0. The highest BCUT2D eigenvalue weighted by Crippen LogP contribution is 2.49. The molecular formula is C16H29NO. The van der Waals surface area contributed by atoms with Crippen molar-refractivity contribution < 1.29 is 4.74 Å². The lowest BCUT2D eigenvalue weighted by Crippen LogP contribution is -2.62. The van der Waals surface area contributed by atoms with Gasteiger partial charge < -0.3 is 10.1 Å². The lowest BCUT2D eigenvalue weighted by atomic mass is 9.74. The summed E-state index contributed by atoms with van der Waals surface area (Å²) in [5.74, 6) is 2.58. The second kappa shape index (κ2) is 4.49. The molecule has 2 aliphatic carbocycles. The Morgan fingerprint density at radius 2 is 1.89 bits per heavy atom. The first-order chi connectivity index (χ1) is 8.53. The van der Waals surface area contributed by atoms with Crippen molar-refractivity contribution >= 4 is 0 Å². The van der Waals surface area contributed by atoms with Gasteiger partial charge in [-0.2, -0.15) is 0 Å². The van der Waals surface area contributed by atoms with Gasteiger partial charge in [-0.1, -0.05) is 20.3 Å². The number of hydrogen-bond donors (Lipinski definition) is 1. The lowest BCUT2D eigenvalue weighted by molar-refractivity contribution is -0.207. The molecule has 0 amide bonds. The maximum atomic E-state index is 6.71. The molecular weight excluding hydrogens is 222 g/mol. The van der Waals surface area contributed by atoms with Gasteiger partial charge in [0.2, 0.25) is 0 Å². The van der Waals surface area contributed by atoms with E-state index in [1.165, 1.54) is 38.5 Å². The van der Waals surface area contributed by atoms with Gasteiger partial charge in [-0.25, -0.2) is 0 Å². The topological polar surface area (TPSA) is 21.3 Å². The third kappa shape index (κ3) is 2.34. The summed E-state index contributed by atoms with van der Waals surface area (Å²) in [6.45, 7) is 8.98. The van der Waals surface area contributed by atoms with Crippen LogP contribution in [0.3, 0.4) is 0 Å². The van der Waals surface area contributed by atoms with Crippen LogP contribution in [-0.2, 0) is 4.74 Å². The van der Waals surface area contributed by atoms with Crippen molar-refractivity contribution in [1.82, 2.24) is 5.32 Å². The summed E-state index contributed by atoms with van der Waals surface area (Å²) in [7, 11) is 0. The van der Waals surface area contributed by atoms with Crippen molar-refractivity contribution in [3.05, 3.63) is 0 Å². The van der Waals surface area contributed by atoms with Gasteiger partial charge in [-0.3, -0.25) is 0 Å². The van der Waals surface area contributed by atoms with E-state index in [0.29, 0.717) is 5.92 Å². The van der Waals surface area contributed by atoms with Crippen molar-refractivity contribution in [3.63, 3.8) is 0 Å². The van der Waals surface area contributed by atoms with E-state index in [2.05, 4.69) is 26.1 Å². The fourth-order valence-corrected chi connectivity index (χ4v) is 4.02. The Hall–Kier alpha value is -0.0800. The van der Waals surface area contributed by atoms with Gasteiger partial charge in [0.1, 0.15) is 0 Å². The standard InChI is InChI=1S/C16H29NO/c1-12(2)15(3)10-17-11-16(18-15)8-4-5-14(9-16)13-6-7-13/h12-14,17H,4-11H2,1-3H3. The molecule has 1 heterocycles. The molecule has 1 saturated heterocycles. The van der Waals surface area contributed by atoms with Gasteiger partial charge in [-0.15, -0.1) is 0 Å². The molecule has 0 aromatic heterocycles. The van der Waals surface area contributed by atoms with Crippen molar-refractivity contribution in [2.45, 2.75) is 70.5 Å². The molecule has 3 atom stereocenters. The largest absolute Gasteiger partial charge is 0.366 e. The van der Waals surface area contributed by atoms with Crippen LogP contribution in [0, 0.1) is 17.8 Å². The summed E-state index contributed by atoms with van der Waals surface area (Å²) in [6, 6.07) is 0. The molecule has 18 heavy (non-hydrogen) atoms. The van der Waals surface area contributed by atoms with Crippen molar-refractivity contribution in [2.24, 2.45) is 17.8 Å². The summed E-state index contributed by atoms with van der Waals surface area (Å²) in [5.41, 5.74) is 0.187. The smallest absolute Gasteiger partial charge is 0.0817 e. The normalized spacial score (nSPS) is 45.7. The van der Waals surface area contributed by atoms with Crippen molar-refractivity contribution in [3.8, 4) is 0 Å². The van der Waals surface area contributed by atoms with E-state index in [4.69, 9.17) is 4.74 Å². The third-order valence-corrected chi connectivity index (χ3v) is 5.72. The second-order valence-electron chi connectivity index (χ2n) is 7.55. The molecule has 2 nitrogen and oxygen atoms in total. The van der Waals surface area contributed by atoms with E-state index >= 15 is 0 Å². The molecule has 2 saturated carbocycles. The van der Waals surface area contributed by atoms with Crippen LogP contribution < -0.4 is 5.32 Å². The van der Waals surface area contributed by atoms with Crippen LogP contribution in [-0.4, -0.2) is 24.3 Å². The molecule has 1 N–H and O–H groups in total. The van der Waals surface area contributed by atoms with Crippen LogP contribution >= 0.6 is 0 Å². The van der Waals surface area contributed by atoms with Gasteiger partial charge in [0, 0.05) is 13.1 Å². The van der Waals surface area contributed by atoms with Crippen LogP contribution in [0.15, 0.2) is 0 Å². The number of morpholine rings is 1. The van der Waals surface area contributed by atoms with Gasteiger partial charge >= 0.3 is 0 Å². The van der Waals surface area contributed by atoms with Crippen LogP contribution in [0.2, 0.25) is 0 Å². The highest BCUT2D eigenvalue weighted by Gasteiger charge is 2.48. The van der Waals surface area contributed by atoms with Crippen molar-refractivity contribution in [2.75, 3.05) is 13.1 Å². The minimum absolute atomic E-state index is 0.0314. The zero-order chi connectivity index (χ0) is 12.8. The van der Waals surface area contributed by atoms with Gasteiger partial charge in [0.15, 0.2) is 0 Å². The Morgan fingerprint density at radius 1 is 1.11 bits per heavy atom. The number of ether oxygens (including phenoxy) is 1. The first-order valence-electron chi connectivity index (χ1n) is 7.94.